The Kier molecular flexibility index (Phi) is 9.14. The van der Waals surface area contributed by atoms with Gasteiger partial charge in [0.25, 0.3) is 0 Å². The van der Waals surface area contributed by atoms with Gasteiger partial charge in [0.1, 0.15) is 0 Å². The van der Waals surface area contributed by atoms with Crippen LogP contribution in [0.25, 0.3) is 32.7 Å². The number of hydrogen-bond donors (Lipinski definition) is 0. The summed E-state index contributed by atoms with van der Waals surface area (Å²) < 4.78 is 165. The van der Waals surface area contributed by atoms with Crippen LogP contribution in [0.2, 0.25) is 0 Å². The van der Waals surface area contributed by atoms with Crippen LogP contribution in [-0.2, 0) is 24.7 Å². The minimum absolute atomic E-state index is 0.0490. The number of halogens is 12. The molecule has 0 bridgehead atoms. The molecule has 0 atom stereocenters. The zero-order valence-electron chi connectivity index (χ0n) is 26.0. The number of alkyl halides is 12. The van der Waals surface area contributed by atoms with Gasteiger partial charge in [-0.25, -0.2) is 0 Å². The third-order valence-corrected chi connectivity index (χ3v) is 8.12. The molecular formula is C38H20F12N2. The normalized spacial score (nSPS) is 13.2. The lowest BCUT2D eigenvalue weighted by Gasteiger charge is -2.17. The molecule has 2 nitrogen and oxygen atoms in total. The molecule has 0 aliphatic carbocycles. The predicted molar refractivity (Wildman–Crippen MR) is 174 cm³/mol. The molecule has 0 fully saturated rings. The number of nitrogens with zero attached hydrogens (tertiary/aromatic N) is 2. The van der Waals surface area contributed by atoms with Crippen molar-refractivity contribution in [3.05, 3.63) is 143 Å². The summed E-state index contributed by atoms with van der Waals surface area (Å²) >= 11 is 0. The fourth-order valence-corrected chi connectivity index (χ4v) is 5.75. The zero-order valence-corrected chi connectivity index (χ0v) is 26.0. The second-order valence-corrected chi connectivity index (χ2v) is 11.5. The van der Waals surface area contributed by atoms with E-state index in [0.717, 1.165) is 0 Å². The van der Waals surface area contributed by atoms with E-state index in [1.54, 1.807) is 60.7 Å². The Bertz CT molecular complexity index is 2200. The maximum absolute atomic E-state index is 13.9. The molecule has 6 rings (SSSR count). The highest BCUT2D eigenvalue weighted by atomic mass is 19.4. The lowest BCUT2D eigenvalue weighted by Crippen LogP contribution is -2.12. The van der Waals surface area contributed by atoms with Gasteiger partial charge in [-0.1, -0.05) is 60.7 Å². The molecule has 0 aliphatic heterocycles. The molecule has 0 aromatic heterocycles. The summed E-state index contributed by atoms with van der Waals surface area (Å²) in [6.45, 7) is 0. The first kappa shape index (κ1) is 36.1. The van der Waals surface area contributed by atoms with Crippen molar-refractivity contribution in [3.63, 3.8) is 0 Å². The second-order valence-electron chi connectivity index (χ2n) is 11.5. The van der Waals surface area contributed by atoms with Crippen molar-refractivity contribution in [3.8, 4) is 11.1 Å². The Hall–Kier alpha value is -5.66. The molecule has 0 saturated carbocycles. The van der Waals surface area contributed by atoms with Crippen molar-refractivity contribution in [1.82, 2.24) is 0 Å². The summed E-state index contributed by atoms with van der Waals surface area (Å²) in [5, 5.41) is 2.01. The number of hydrogen-bond acceptors (Lipinski definition) is 2. The fraction of sp³-hybridized carbons (Fsp3) is 0.105. The number of rotatable bonds is 5. The molecule has 0 aliphatic rings. The maximum atomic E-state index is 13.9. The first-order chi connectivity index (χ1) is 24.3. The minimum Gasteiger partial charge on any atom is -0.256 e. The monoisotopic (exact) mass is 732 g/mol. The average Bonchev–Trinajstić information content (AvgIpc) is 3.07. The molecule has 266 valence electrons. The molecule has 0 heterocycles. The van der Waals surface area contributed by atoms with Gasteiger partial charge in [0.2, 0.25) is 0 Å². The molecule has 0 amide bonds. The van der Waals surface area contributed by atoms with E-state index in [2.05, 4.69) is 9.98 Å². The Morgan fingerprint density at radius 1 is 0.385 bits per heavy atom. The average molecular weight is 733 g/mol. The molecule has 6 aromatic rings. The third-order valence-electron chi connectivity index (χ3n) is 8.12. The molecular weight excluding hydrogens is 712 g/mol. The van der Waals surface area contributed by atoms with Crippen LogP contribution in [0, 0.1) is 0 Å². The van der Waals surface area contributed by atoms with Crippen molar-refractivity contribution in [2.75, 3.05) is 0 Å². The standard InChI is InChI=1S/C38H20F12N2/c39-35(40,41)25-11-13-29(37(45,46)47)23(17-25)19-51-31-15-9-21-5-1-3-7-27(21)33(31)34-28-8-4-2-6-22(28)10-16-32(34)52-20-24-18-26(36(42,43)44)12-14-30(24)38(48,49)50/h1-20H/b51-19-,52-20+. The van der Waals surface area contributed by atoms with Crippen molar-refractivity contribution >= 4 is 45.3 Å². The highest BCUT2D eigenvalue weighted by Gasteiger charge is 2.38. The van der Waals surface area contributed by atoms with Crippen LogP contribution < -0.4 is 0 Å². The summed E-state index contributed by atoms with van der Waals surface area (Å²) in [5.41, 5.74) is -6.95. The summed E-state index contributed by atoms with van der Waals surface area (Å²) in [5.74, 6) is 0. The van der Waals surface area contributed by atoms with Gasteiger partial charge in [0.15, 0.2) is 0 Å². The van der Waals surface area contributed by atoms with Gasteiger partial charge in [-0.2, -0.15) is 52.7 Å². The van der Waals surface area contributed by atoms with E-state index in [9.17, 15) is 52.7 Å². The third kappa shape index (κ3) is 7.37. The molecule has 14 heteroatoms. The fourth-order valence-electron chi connectivity index (χ4n) is 5.75. The molecule has 0 saturated heterocycles. The summed E-state index contributed by atoms with van der Waals surface area (Å²) in [4.78, 5) is 8.47. The lowest BCUT2D eigenvalue weighted by molar-refractivity contribution is -0.141. The van der Waals surface area contributed by atoms with Crippen LogP contribution >= 0.6 is 0 Å². The Morgan fingerprint density at radius 2 is 0.750 bits per heavy atom. The van der Waals surface area contributed by atoms with Crippen molar-refractivity contribution in [2.45, 2.75) is 24.7 Å². The van der Waals surface area contributed by atoms with Gasteiger partial charge in [0.05, 0.1) is 33.6 Å². The smallest absolute Gasteiger partial charge is 0.256 e. The highest BCUT2D eigenvalue weighted by Crippen LogP contribution is 2.46. The quantitative estimate of drug-likeness (QED) is 0.125. The summed E-state index contributed by atoms with van der Waals surface area (Å²) in [6.07, 6.45) is -18.8. The van der Waals surface area contributed by atoms with E-state index < -0.39 is 58.1 Å². The van der Waals surface area contributed by atoms with E-state index in [4.69, 9.17) is 0 Å². The SMILES string of the molecule is FC(F)(F)c1ccc(C(F)(F)F)c(/C=N\c2ccc3ccccc3c2-c2c(/N=C/c3cc(C(F)(F)F)ccc3C(F)(F)F)ccc3ccccc23)c1. The van der Waals surface area contributed by atoms with E-state index in [1.807, 2.05) is 0 Å². The van der Waals surface area contributed by atoms with Crippen LogP contribution in [0.15, 0.2) is 119 Å². The van der Waals surface area contributed by atoms with Crippen LogP contribution in [0.4, 0.5) is 64.1 Å². The first-order valence-corrected chi connectivity index (χ1v) is 15.0. The van der Waals surface area contributed by atoms with Crippen LogP contribution in [0.3, 0.4) is 0 Å². The van der Waals surface area contributed by atoms with Gasteiger partial charge in [0, 0.05) is 34.7 Å². The van der Waals surface area contributed by atoms with Crippen molar-refractivity contribution < 1.29 is 52.7 Å². The Balaban J connectivity index is 1.62. The Morgan fingerprint density at radius 3 is 1.10 bits per heavy atom. The molecule has 0 unspecified atom stereocenters. The molecule has 52 heavy (non-hydrogen) atoms. The topological polar surface area (TPSA) is 24.7 Å². The minimum atomic E-state index is -5.05. The second kappa shape index (κ2) is 13.1. The van der Waals surface area contributed by atoms with Gasteiger partial charge >= 0.3 is 24.7 Å². The van der Waals surface area contributed by atoms with Gasteiger partial charge < -0.3 is 0 Å². The number of benzene rings is 6. The van der Waals surface area contributed by atoms with Crippen LogP contribution in [0.1, 0.15) is 33.4 Å². The largest absolute Gasteiger partial charge is 0.417 e. The van der Waals surface area contributed by atoms with Crippen LogP contribution in [0.5, 0.6) is 0 Å². The summed E-state index contributed by atoms with van der Waals surface area (Å²) in [7, 11) is 0. The van der Waals surface area contributed by atoms with Gasteiger partial charge in [-0.05, 0) is 70.1 Å². The molecule has 0 radical (unpaired) electrons. The predicted octanol–water partition coefficient (Wildman–Crippen LogP) is 13.2. The van der Waals surface area contributed by atoms with E-state index >= 15 is 0 Å². The molecule has 6 aromatic carbocycles. The van der Waals surface area contributed by atoms with Gasteiger partial charge in [-0.15, -0.1) is 0 Å². The van der Waals surface area contributed by atoms with Crippen LogP contribution in [-0.4, -0.2) is 12.4 Å². The van der Waals surface area contributed by atoms with E-state index in [-0.39, 0.29) is 22.5 Å². The van der Waals surface area contributed by atoms with E-state index in [0.29, 0.717) is 70.4 Å². The van der Waals surface area contributed by atoms with E-state index in [1.165, 1.54) is 12.1 Å². The zero-order chi connectivity index (χ0) is 37.6. The molecule has 0 N–H and O–H groups in total. The van der Waals surface area contributed by atoms with Crippen molar-refractivity contribution in [1.29, 1.82) is 0 Å². The van der Waals surface area contributed by atoms with Gasteiger partial charge in [-0.3, -0.25) is 9.98 Å². The van der Waals surface area contributed by atoms with Crippen molar-refractivity contribution in [2.24, 2.45) is 9.98 Å². The summed E-state index contributed by atoms with van der Waals surface area (Å²) in [6, 6.07) is 21.0. The lowest BCUT2D eigenvalue weighted by atomic mass is 9.91. The Labute approximate surface area is 286 Å². The first-order valence-electron chi connectivity index (χ1n) is 15.0. The number of aliphatic imine (C=N–C) groups is 2. The highest BCUT2D eigenvalue weighted by molar-refractivity contribution is 6.13. The number of fused-ring (bicyclic) bond motifs is 2. The maximum Gasteiger partial charge on any atom is 0.417 e. The molecule has 0 spiro atoms.